The fourth-order valence-electron chi connectivity index (χ4n) is 2.86. The molecular formula is C14H22ClN5O. The number of nitrogens with zero attached hydrogens (tertiary/aromatic N) is 4. The van der Waals surface area contributed by atoms with E-state index in [4.69, 9.17) is 10.3 Å². The van der Waals surface area contributed by atoms with E-state index in [1.165, 1.54) is 0 Å². The lowest BCUT2D eigenvalue weighted by Crippen LogP contribution is -2.34. The van der Waals surface area contributed by atoms with Crippen LogP contribution in [0.2, 0.25) is 0 Å². The molecule has 21 heavy (non-hydrogen) atoms. The summed E-state index contributed by atoms with van der Waals surface area (Å²) in [7, 11) is 1.90. The van der Waals surface area contributed by atoms with Gasteiger partial charge in [0.15, 0.2) is 5.82 Å². The number of aromatic nitrogens is 4. The van der Waals surface area contributed by atoms with Gasteiger partial charge in [-0.2, -0.15) is 10.1 Å². The maximum atomic E-state index is 6.37. The second-order valence-electron chi connectivity index (χ2n) is 6.04. The predicted octanol–water partition coefficient (Wildman–Crippen LogP) is 2.74. The van der Waals surface area contributed by atoms with E-state index in [0.717, 1.165) is 36.9 Å². The highest BCUT2D eigenvalue weighted by Crippen LogP contribution is 2.36. The van der Waals surface area contributed by atoms with Gasteiger partial charge in [-0.1, -0.05) is 31.8 Å². The van der Waals surface area contributed by atoms with Gasteiger partial charge in [-0.3, -0.25) is 4.68 Å². The van der Waals surface area contributed by atoms with Crippen LogP contribution >= 0.6 is 12.4 Å². The first kappa shape index (κ1) is 16.0. The molecule has 1 fully saturated rings. The van der Waals surface area contributed by atoms with Crippen LogP contribution in [0.5, 0.6) is 0 Å². The number of nitrogens with two attached hydrogens (primary N) is 1. The van der Waals surface area contributed by atoms with Gasteiger partial charge >= 0.3 is 0 Å². The highest BCUT2D eigenvalue weighted by atomic mass is 35.5. The van der Waals surface area contributed by atoms with Crippen molar-refractivity contribution in [2.24, 2.45) is 12.8 Å². The molecule has 6 nitrogen and oxygen atoms in total. The Labute approximate surface area is 130 Å². The van der Waals surface area contributed by atoms with Crippen molar-refractivity contribution >= 4 is 12.4 Å². The van der Waals surface area contributed by atoms with Gasteiger partial charge in [0.25, 0.3) is 5.89 Å². The van der Waals surface area contributed by atoms with E-state index in [1.54, 1.807) is 4.68 Å². The van der Waals surface area contributed by atoms with Gasteiger partial charge in [0, 0.05) is 13.2 Å². The van der Waals surface area contributed by atoms with Gasteiger partial charge in [-0.05, 0) is 18.8 Å². The Morgan fingerprint density at radius 3 is 2.62 bits per heavy atom. The lowest BCUT2D eigenvalue weighted by atomic mass is 9.98. The number of aryl methyl sites for hydroxylation is 1. The molecule has 2 aromatic heterocycles. The molecule has 0 saturated heterocycles. The second-order valence-corrected chi connectivity index (χ2v) is 6.04. The summed E-state index contributed by atoms with van der Waals surface area (Å²) in [6.45, 7) is 4.20. The molecule has 0 unspecified atom stereocenters. The first-order chi connectivity index (χ1) is 9.49. The molecule has 0 aromatic carbocycles. The molecule has 2 N–H and O–H groups in total. The van der Waals surface area contributed by atoms with E-state index in [-0.39, 0.29) is 12.4 Å². The van der Waals surface area contributed by atoms with Crippen molar-refractivity contribution in [3.63, 3.8) is 0 Å². The fourth-order valence-corrected chi connectivity index (χ4v) is 2.86. The van der Waals surface area contributed by atoms with Crippen molar-refractivity contribution < 1.29 is 4.52 Å². The smallest absolute Gasteiger partial charge is 0.261 e. The number of halogens is 1. The monoisotopic (exact) mass is 311 g/mol. The van der Waals surface area contributed by atoms with Crippen LogP contribution in [0.3, 0.4) is 0 Å². The summed E-state index contributed by atoms with van der Waals surface area (Å²) in [5.74, 6) is 1.46. The quantitative estimate of drug-likeness (QED) is 0.942. The minimum absolute atomic E-state index is 0. The van der Waals surface area contributed by atoms with Gasteiger partial charge in [0.1, 0.15) is 0 Å². The first-order valence-electron chi connectivity index (χ1n) is 7.16. The first-order valence-corrected chi connectivity index (χ1v) is 7.16. The molecule has 0 bridgehead atoms. The molecule has 116 valence electrons. The molecule has 1 aliphatic rings. The average molecular weight is 312 g/mol. The normalized spacial score (nSPS) is 17.2. The van der Waals surface area contributed by atoms with Crippen LogP contribution in [-0.2, 0) is 12.6 Å². The molecule has 2 heterocycles. The van der Waals surface area contributed by atoms with Crippen molar-refractivity contribution in [2.75, 3.05) is 0 Å². The molecule has 0 radical (unpaired) electrons. The van der Waals surface area contributed by atoms with Crippen LogP contribution in [0.15, 0.2) is 10.7 Å². The van der Waals surface area contributed by atoms with E-state index >= 15 is 0 Å². The van der Waals surface area contributed by atoms with Crippen molar-refractivity contribution in [3.8, 4) is 11.5 Å². The third-order valence-electron chi connectivity index (χ3n) is 4.00. The summed E-state index contributed by atoms with van der Waals surface area (Å²) in [6.07, 6.45) is 6.03. The summed E-state index contributed by atoms with van der Waals surface area (Å²) in [5, 5.41) is 8.58. The second kappa shape index (κ2) is 5.77. The Kier molecular flexibility index (Phi) is 4.39. The summed E-state index contributed by atoms with van der Waals surface area (Å²) in [4.78, 5) is 4.53. The zero-order valence-corrected chi connectivity index (χ0v) is 13.5. The summed E-state index contributed by atoms with van der Waals surface area (Å²) < 4.78 is 7.22. The molecule has 0 spiro atoms. The Bertz CT molecular complexity index is 613. The van der Waals surface area contributed by atoms with Crippen LogP contribution in [0, 0.1) is 0 Å². The average Bonchev–Trinajstić information content (AvgIpc) is 3.06. The van der Waals surface area contributed by atoms with Crippen molar-refractivity contribution in [2.45, 2.75) is 51.0 Å². The van der Waals surface area contributed by atoms with Gasteiger partial charge in [0.05, 0.1) is 16.8 Å². The molecule has 7 heteroatoms. The Balaban J connectivity index is 0.00000161. The van der Waals surface area contributed by atoms with Crippen molar-refractivity contribution in [3.05, 3.63) is 17.7 Å². The molecule has 0 aliphatic heterocycles. The summed E-state index contributed by atoms with van der Waals surface area (Å²) in [5.41, 5.74) is 7.83. The van der Waals surface area contributed by atoms with E-state index in [0.29, 0.717) is 17.6 Å². The number of hydrogen-bond acceptors (Lipinski definition) is 5. The van der Waals surface area contributed by atoms with E-state index in [9.17, 15) is 0 Å². The maximum absolute atomic E-state index is 6.37. The van der Waals surface area contributed by atoms with Gasteiger partial charge in [-0.15, -0.1) is 12.4 Å². The van der Waals surface area contributed by atoms with Gasteiger partial charge in [-0.25, -0.2) is 0 Å². The van der Waals surface area contributed by atoms with Crippen LogP contribution in [0.25, 0.3) is 11.5 Å². The van der Waals surface area contributed by atoms with Crippen molar-refractivity contribution in [1.29, 1.82) is 0 Å². The van der Waals surface area contributed by atoms with E-state index in [1.807, 2.05) is 13.2 Å². The SMILES string of the molecule is CC(C)c1nn(C)cc1-c1nc(C2(N)CCCC2)no1.Cl. The third kappa shape index (κ3) is 2.82. The maximum Gasteiger partial charge on any atom is 0.261 e. The lowest BCUT2D eigenvalue weighted by Gasteiger charge is -2.17. The van der Waals surface area contributed by atoms with Crippen LogP contribution in [0.1, 0.15) is 57.0 Å². The minimum Gasteiger partial charge on any atom is -0.334 e. The highest BCUT2D eigenvalue weighted by Gasteiger charge is 2.36. The topological polar surface area (TPSA) is 82.8 Å². The zero-order valence-electron chi connectivity index (χ0n) is 12.7. The Morgan fingerprint density at radius 2 is 2.00 bits per heavy atom. The predicted molar refractivity (Wildman–Crippen MR) is 82.2 cm³/mol. The number of hydrogen-bond donors (Lipinski definition) is 1. The minimum atomic E-state index is -0.415. The third-order valence-corrected chi connectivity index (χ3v) is 4.00. The van der Waals surface area contributed by atoms with Crippen molar-refractivity contribution in [1.82, 2.24) is 19.9 Å². The molecule has 1 aliphatic carbocycles. The molecule has 3 rings (SSSR count). The largest absolute Gasteiger partial charge is 0.334 e. The van der Waals surface area contributed by atoms with E-state index in [2.05, 4.69) is 29.1 Å². The highest BCUT2D eigenvalue weighted by molar-refractivity contribution is 5.85. The molecule has 0 atom stereocenters. The molecular weight excluding hydrogens is 290 g/mol. The van der Waals surface area contributed by atoms with Crippen LogP contribution in [0.4, 0.5) is 0 Å². The molecule has 2 aromatic rings. The van der Waals surface area contributed by atoms with Gasteiger partial charge < -0.3 is 10.3 Å². The number of rotatable bonds is 3. The Hall–Kier alpha value is -1.40. The lowest BCUT2D eigenvalue weighted by molar-refractivity contribution is 0.372. The molecule has 1 saturated carbocycles. The summed E-state index contributed by atoms with van der Waals surface area (Å²) >= 11 is 0. The fraction of sp³-hybridized carbons (Fsp3) is 0.643. The van der Waals surface area contributed by atoms with Crippen LogP contribution < -0.4 is 5.73 Å². The standard InChI is InChI=1S/C14H21N5O.ClH/c1-9(2)11-10(8-19(3)17-11)12-16-13(18-20-12)14(15)6-4-5-7-14;/h8-9H,4-7,15H2,1-3H3;1H. The molecule has 0 amide bonds. The van der Waals surface area contributed by atoms with Gasteiger partial charge in [0.2, 0.25) is 0 Å². The van der Waals surface area contributed by atoms with Crippen LogP contribution in [-0.4, -0.2) is 19.9 Å². The summed E-state index contributed by atoms with van der Waals surface area (Å²) in [6, 6.07) is 0. The zero-order chi connectivity index (χ0) is 14.3. The Morgan fingerprint density at radius 1 is 1.33 bits per heavy atom. The van der Waals surface area contributed by atoms with E-state index < -0.39 is 5.54 Å².